The second kappa shape index (κ2) is 22.0. The van der Waals surface area contributed by atoms with Gasteiger partial charge in [0, 0.05) is 0 Å². The Labute approximate surface area is 236 Å². The molecule has 2 saturated carbocycles. The number of benzene rings is 2. The van der Waals surface area contributed by atoms with E-state index < -0.39 is 0 Å². The summed E-state index contributed by atoms with van der Waals surface area (Å²) in [6, 6.07) is 21.1. The van der Waals surface area contributed by atoms with Crippen LogP contribution in [0, 0.1) is 76.4 Å². The molecule has 2 aliphatic rings. The van der Waals surface area contributed by atoms with E-state index in [-0.39, 0.29) is 26.2 Å². The average molecular weight is 538 g/mol. The van der Waals surface area contributed by atoms with Gasteiger partial charge in [-0.2, -0.15) is 5.56 Å². The molecule has 178 valence electrons. The van der Waals surface area contributed by atoms with Crippen LogP contribution in [-0.4, -0.2) is 0 Å². The van der Waals surface area contributed by atoms with Crippen molar-refractivity contribution >= 4 is 5.57 Å². The molecule has 2 aromatic carbocycles. The molecule has 0 bridgehead atoms. The topological polar surface area (TPSA) is 0 Å². The van der Waals surface area contributed by atoms with E-state index in [1.165, 1.54) is 42.4 Å². The van der Waals surface area contributed by atoms with Crippen LogP contribution in [0.15, 0.2) is 66.2 Å². The summed E-state index contributed by atoms with van der Waals surface area (Å²) in [6.45, 7) is 4.48. The summed E-state index contributed by atoms with van der Waals surface area (Å²) in [7, 11) is 0. The van der Waals surface area contributed by atoms with Gasteiger partial charge >= 0.3 is 26.2 Å². The molecule has 0 aromatic heterocycles. The molecule has 0 heterocycles. The van der Waals surface area contributed by atoms with Crippen molar-refractivity contribution in [3.63, 3.8) is 0 Å². The molecule has 2 fully saturated rings. The van der Waals surface area contributed by atoms with Gasteiger partial charge in [0.1, 0.15) is 0 Å². The van der Waals surface area contributed by atoms with Crippen LogP contribution in [0.2, 0.25) is 0 Å². The Morgan fingerprint density at radius 3 is 1.51 bits per heavy atom. The number of hydrogen-bond acceptors (Lipinski definition) is 0. The first-order valence-electron chi connectivity index (χ1n) is 12.5. The number of unbranched alkanes of at least 4 members (excludes halogenated alkanes) is 3. The molecule has 4 rings (SSSR count). The fourth-order valence-corrected chi connectivity index (χ4v) is 3.31. The fraction of sp³-hybridized carbons (Fsp3) is 0.235. The minimum atomic E-state index is 0. The van der Waals surface area contributed by atoms with Gasteiger partial charge in [0.05, 0.1) is 0 Å². The van der Waals surface area contributed by atoms with Crippen molar-refractivity contribution in [1.29, 1.82) is 0 Å². The van der Waals surface area contributed by atoms with Crippen LogP contribution in [0.3, 0.4) is 0 Å². The maximum atomic E-state index is 3.69. The standard InChI is InChI=1S/C24H28.2C5H5.Zr/c1-3-5-9-17-22(16-6-4-2)24(23-18-12-8-13-19-23)20-21-14-10-7-11-15-21;2*1-2-4-5-3-1;/h7-8,10-15,18-19H,3-6,9,16H2,1-2H3;2*1-5H;/q-2;;;+2. The predicted molar refractivity (Wildman–Crippen MR) is 147 cm³/mol. The van der Waals surface area contributed by atoms with Gasteiger partial charge in [-0.05, 0) is 64.2 Å². The molecule has 0 aliphatic heterocycles. The van der Waals surface area contributed by atoms with Crippen molar-refractivity contribution in [2.45, 2.75) is 52.4 Å². The fourth-order valence-electron chi connectivity index (χ4n) is 3.31. The zero-order chi connectivity index (χ0) is 24.1. The van der Waals surface area contributed by atoms with E-state index in [2.05, 4.69) is 86.7 Å². The second-order valence-electron chi connectivity index (χ2n) is 8.02. The van der Waals surface area contributed by atoms with Gasteiger partial charge in [0.2, 0.25) is 0 Å². The van der Waals surface area contributed by atoms with E-state index in [1.807, 2.05) is 64.2 Å². The molecular weight excluding hydrogens is 500 g/mol. The van der Waals surface area contributed by atoms with Crippen LogP contribution in [0.4, 0.5) is 0 Å². The summed E-state index contributed by atoms with van der Waals surface area (Å²) >= 11 is 0. The normalized spacial score (nSPS) is 15.4. The van der Waals surface area contributed by atoms with Crippen LogP contribution in [0.5, 0.6) is 0 Å². The van der Waals surface area contributed by atoms with Gasteiger partial charge < -0.3 is 6.08 Å². The smallest absolute Gasteiger partial charge is 0.313 e. The van der Waals surface area contributed by atoms with Crippen molar-refractivity contribution in [3.8, 4) is 0 Å². The average Bonchev–Trinajstić information content (AvgIpc) is 3.66. The van der Waals surface area contributed by atoms with Crippen LogP contribution < -0.4 is 0 Å². The largest absolute Gasteiger partial charge is 2.00 e. The van der Waals surface area contributed by atoms with Crippen LogP contribution >= 0.6 is 0 Å². The quantitative estimate of drug-likeness (QED) is 0.129. The third-order valence-corrected chi connectivity index (χ3v) is 5.17. The van der Waals surface area contributed by atoms with Gasteiger partial charge in [-0.3, -0.25) is 11.1 Å². The van der Waals surface area contributed by atoms with E-state index in [0.717, 1.165) is 18.4 Å². The van der Waals surface area contributed by atoms with Crippen molar-refractivity contribution in [2.75, 3.05) is 0 Å². The molecule has 10 radical (unpaired) electrons. The van der Waals surface area contributed by atoms with Crippen molar-refractivity contribution in [2.24, 2.45) is 0 Å². The Bertz CT molecular complexity index is 755. The van der Waals surface area contributed by atoms with E-state index in [1.54, 1.807) is 0 Å². The molecule has 0 unspecified atom stereocenters. The number of allylic oxidation sites excluding steroid dienone is 3. The van der Waals surface area contributed by atoms with Crippen molar-refractivity contribution in [1.82, 2.24) is 0 Å². The molecule has 0 spiro atoms. The summed E-state index contributed by atoms with van der Waals surface area (Å²) in [5.74, 6) is 0. The van der Waals surface area contributed by atoms with Gasteiger partial charge in [-0.25, -0.2) is 6.08 Å². The minimum Gasteiger partial charge on any atom is -0.313 e. The summed E-state index contributed by atoms with van der Waals surface area (Å²) in [5, 5.41) is 0. The van der Waals surface area contributed by atoms with Crippen LogP contribution in [0.1, 0.15) is 63.5 Å². The molecular formula is C34H38Zr. The third kappa shape index (κ3) is 14.8. The summed E-state index contributed by atoms with van der Waals surface area (Å²) in [6.07, 6.45) is 34.2. The Morgan fingerprint density at radius 2 is 1.06 bits per heavy atom. The zero-order valence-corrected chi connectivity index (χ0v) is 23.7. The van der Waals surface area contributed by atoms with E-state index in [0.29, 0.717) is 0 Å². The molecule has 0 atom stereocenters. The van der Waals surface area contributed by atoms with Crippen LogP contribution in [0.25, 0.3) is 5.57 Å². The first kappa shape index (κ1) is 31.8. The maximum Gasteiger partial charge on any atom is 2.00 e. The Kier molecular flexibility index (Phi) is 20.0. The van der Waals surface area contributed by atoms with Crippen LogP contribution in [-0.2, 0) is 26.2 Å². The third-order valence-electron chi connectivity index (χ3n) is 5.17. The monoisotopic (exact) mass is 536 g/mol. The van der Waals surface area contributed by atoms with Crippen molar-refractivity contribution in [3.05, 3.63) is 154 Å². The SMILES string of the molecule is CCCC[C-]=C(CCCC)C(=[C-]c1ccccc1)c1ccccc1.[CH]1[CH][CH][CH][CH]1.[CH]1[CH][CH][CH][CH]1.[Zr+2]. The summed E-state index contributed by atoms with van der Waals surface area (Å²) in [5.41, 5.74) is 4.88. The van der Waals surface area contributed by atoms with E-state index in [9.17, 15) is 0 Å². The van der Waals surface area contributed by atoms with Gasteiger partial charge in [0.25, 0.3) is 0 Å². The van der Waals surface area contributed by atoms with E-state index >= 15 is 0 Å². The molecule has 0 saturated heterocycles. The minimum absolute atomic E-state index is 0. The molecule has 2 aromatic rings. The molecule has 0 N–H and O–H groups in total. The number of hydrogen-bond donors (Lipinski definition) is 0. The molecule has 35 heavy (non-hydrogen) atoms. The Morgan fingerprint density at radius 1 is 0.600 bits per heavy atom. The van der Waals surface area contributed by atoms with E-state index in [4.69, 9.17) is 0 Å². The molecule has 0 nitrogen and oxygen atoms in total. The molecule has 2 aliphatic carbocycles. The molecule has 0 amide bonds. The summed E-state index contributed by atoms with van der Waals surface area (Å²) in [4.78, 5) is 0. The Hall–Kier alpha value is -1.20. The summed E-state index contributed by atoms with van der Waals surface area (Å²) < 4.78 is 0. The van der Waals surface area contributed by atoms with Crippen molar-refractivity contribution < 1.29 is 26.2 Å². The number of rotatable bonds is 9. The first-order chi connectivity index (χ1) is 16.8. The van der Waals surface area contributed by atoms with Gasteiger partial charge in [0.15, 0.2) is 0 Å². The Balaban J connectivity index is 0.000000456. The zero-order valence-electron chi connectivity index (χ0n) is 21.3. The van der Waals surface area contributed by atoms with Gasteiger partial charge in [-0.1, -0.05) is 82.3 Å². The van der Waals surface area contributed by atoms with Gasteiger partial charge in [-0.15, -0.1) is 36.2 Å². The maximum absolute atomic E-state index is 3.69. The molecule has 1 heteroatoms. The second-order valence-corrected chi connectivity index (χ2v) is 8.02. The predicted octanol–water partition coefficient (Wildman–Crippen LogP) is 9.07. The first-order valence-corrected chi connectivity index (χ1v) is 12.5.